The van der Waals surface area contributed by atoms with Gasteiger partial charge in [-0.1, -0.05) is 23.7 Å². The maximum absolute atomic E-state index is 13.4. The van der Waals surface area contributed by atoms with Gasteiger partial charge in [0.15, 0.2) is 11.5 Å². The van der Waals surface area contributed by atoms with Gasteiger partial charge >= 0.3 is 0 Å². The molecule has 2 aromatic carbocycles. The van der Waals surface area contributed by atoms with Crippen molar-refractivity contribution in [2.24, 2.45) is 0 Å². The number of hydrogen-bond acceptors (Lipinski definition) is 5. The third-order valence-corrected chi connectivity index (χ3v) is 6.09. The summed E-state index contributed by atoms with van der Waals surface area (Å²) in [6, 6.07) is 11.6. The maximum atomic E-state index is 13.4. The monoisotopic (exact) mass is 430 g/mol. The molecule has 0 spiro atoms. The Hall–Kier alpha value is -2.28. The fourth-order valence-corrected chi connectivity index (χ4v) is 4.39. The number of carbonyl (C=O) groups excluding carboxylic acids is 1. The summed E-state index contributed by atoms with van der Waals surface area (Å²) in [5.41, 5.74) is 3.27. The van der Waals surface area contributed by atoms with Crippen LogP contribution < -0.4 is 9.47 Å². The average molecular weight is 431 g/mol. The van der Waals surface area contributed by atoms with Crippen LogP contribution in [-0.2, 0) is 16.0 Å². The van der Waals surface area contributed by atoms with E-state index in [1.54, 1.807) is 14.2 Å². The summed E-state index contributed by atoms with van der Waals surface area (Å²) in [6.07, 6.45) is 0.772. The number of halogens is 1. The zero-order valence-electron chi connectivity index (χ0n) is 17.4. The second kappa shape index (κ2) is 9.25. The van der Waals surface area contributed by atoms with E-state index >= 15 is 0 Å². The van der Waals surface area contributed by atoms with Crippen LogP contribution in [-0.4, -0.2) is 69.3 Å². The van der Waals surface area contributed by atoms with E-state index in [1.807, 2.05) is 41.3 Å². The van der Waals surface area contributed by atoms with Crippen LogP contribution >= 0.6 is 11.6 Å². The number of benzene rings is 2. The molecule has 0 aromatic heterocycles. The molecule has 2 heterocycles. The van der Waals surface area contributed by atoms with E-state index in [1.165, 1.54) is 5.56 Å². The van der Waals surface area contributed by atoms with Gasteiger partial charge in [-0.05, 0) is 47.4 Å². The summed E-state index contributed by atoms with van der Waals surface area (Å²) in [4.78, 5) is 17.5. The molecule has 1 unspecified atom stereocenters. The van der Waals surface area contributed by atoms with Gasteiger partial charge in [0.05, 0.1) is 40.0 Å². The van der Waals surface area contributed by atoms with Crippen LogP contribution in [0, 0.1) is 0 Å². The Morgan fingerprint density at radius 3 is 2.40 bits per heavy atom. The smallest absolute Gasteiger partial charge is 0.237 e. The maximum Gasteiger partial charge on any atom is 0.237 e. The molecule has 2 aliphatic heterocycles. The highest BCUT2D eigenvalue weighted by molar-refractivity contribution is 6.30. The number of hydrogen-bond donors (Lipinski definition) is 0. The van der Waals surface area contributed by atoms with Crippen molar-refractivity contribution in [3.05, 3.63) is 58.1 Å². The summed E-state index contributed by atoms with van der Waals surface area (Å²) in [5, 5.41) is 0.674. The minimum absolute atomic E-state index is 0.122. The molecule has 6 nitrogen and oxygen atoms in total. The number of fused-ring (bicyclic) bond motifs is 1. The van der Waals surface area contributed by atoms with Gasteiger partial charge in [-0.15, -0.1) is 0 Å². The van der Waals surface area contributed by atoms with Gasteiger partial charge in [0, 0.05) is 24.7 Å². The van der Waals surface area contributed by atoms with Gasteiger partial charge in [0.25, 0.3) is 0 Å². The second-order valence-corrected chi connectivity index (χ2v) is 8.02. The predicted molar refractivity (Wildman–Crippen MR) is 116 cm³/mol. The third-order valence-electron chi connectivity index (χ3n) is 5.84. The first-order valence-electron chi connectivity index (χ1n) is 10.2. The molecule has 1 amide bonds. The van der Waals surface area contributed by atoms with Crippen LogP contribution in [0.5, 0.6) is 11.5 Å². The van der Waals surface area contributed by atoms with Crippen molar-refractivity contribution in [2.75, 3.05) is 53.6 Å². The molecule has 0 aliphatic carbocycles. The first-order chi connectivity index (χ1) is 14.6. The largest absolute Gasteiger partial charge is 0.493 e. The van der Waals surface area contributed by atoms with E-state index in [-0.39, 0.29) is 11.9 Å². The van der Waals surface area contributed by atoms with E-state index in [0.717, 1.165) is 30.6 Å². The van der Waals surface area contributed by atoms with Gasteiger partial charge in [0.2, 0.25) is 5.91 Å². The molecule has 2 aromatic rings. The van der Waals surface area contributed by atoms with Gasteiger partial charge in [-0.25, -0.2) is 0 Å². The summed E-state index contributed by atoms with van der Waals surface area (Å²) in [5.74, 6) is 1.49. The molecule has 1 atom stereocenters. The van der Waals surface area contributed by atoms with E-state index < -0.39 is 0 Å². The average Bonchev–Trinajstić information content (AvgIpc) is 2.78. The molecule has 0 radical (unpaired) electrons. The molecule has 160 valence electrons. The van der Waals surface area contributed by atoms with Crippen molar-refractivity contribution in [2.45, 2.75) is 12.5 Å². The molecule has 0 saturated carbocycles. The first-order valence-corrected chi connectivity index (χ1v) is 10.6. The zero-order chi connectivity index (χ0) is 21.1. The summed E-state index contributed by atoms with van der Waals surface area (Å²) >= 11 is 6.13. The second-order valence-electron chi connectivity index (χ2n) is 7.59. The van der Waals surface area contributed by atoms with E-state index in [2.05, 4.69) is 4.90 Å². The number of rotatable bonds is 5. The van der Waals surface area contributed by atoms with Gasteiger partial charge in [-0.3, -0.25) is 9.69 Å². The minimum Gasteiger partial charge on any atom is -0.493 e. The quantitative estimate of drug-likeness (QED) is 0.729. The highest BCUT2D eigenvalue weighted by atomic mass is 35.5. The lowest BCUT2D eigenvalue weighted by Crippen LogP contribution is -2.48. The Balaban J connectivity index is 1.71. The molecule has 30 heavy (non-hydrogen) atoms. The van der Waals surface area contributed by atoms with Crippen LogP contribution in [0.3, 0.4) is 0 Å². The fourth-order valence-electron chi connectivity index (χ4n) is 4.26. The highest BCUT2D eigenvalue weighted by Crippen LogP contribution is 2.41. The molecule has 1 saturated heterocycles. The molecule has 1 fully saturated rings. The number of amides is 1. The lowest BCUT2D eigenvalue weighted by Gasteiger charge is -2.39. The number of morpholine rings is 1. The van der Waals surface area contributed by atoms with Gasteiger partial charge < -0.3 is 19.1 Å². The molecule has 0 bridgehead atoms. The molecule has 7 heteroatoms. The predicted octanol–water partition coefficient (Wildman–Crippen LogP) is 3.16. The van der Waals surface area contributed by atoms with Crippen molar-refractivity contribution >= 4 is 17.5 Å². The number of methoxy groups -OCH3 is 2. The van der Waals surface area contributed by atoms with Gasteiger partial charge in [0.1, 0.15) is 0 Å². The lowest BCUT2D eigenvalue weighted by atomic mass is 9.87. The van der Waals surface area contributed by atoms with Crippen molar-refractivity contribution in [3.8, 4) is 11.5 Å². The highest BCUT2D eigenvalue weighted by Gasteiger charge is 2.34. The van der Waals surface area contributed by atoms with Crippen LogP contribution in [0.15, 0.2) is 36.4 Å². The summed E-state index contributed by atoms with van der Waals surface area (Å²) < 4.78 is 16.5. The third kappa shape index (κ3) is 4.26. The van der Waals surface area contributed by atoms with E-state index in [4.69, 9.17) is 25.8 Å². The minimum atomic E-state index is -0.195. The Morgan fingerprint density at radius 1 is 1.07 bits per heavy atom. The molecule has 2 aliphatic rings. The summed E-state index contributed by atoms with van der Waals surface area (Å²) in [6.45, 7) is 3.97. The number of ether oxygens (including phenoxy) is 3. The topological polar surface area (TPSA) is 51.2 Å². The van der Waals surface area contributed by atoms with E-state index in [0.29, 0.717) is 42.8 Å². The Labute approximate surface area is 182 Å². The number of carbonyl (C=O) groups is 1. The van der Waals surface area contributed by atoms with Crippen molar-refractivity contribution < 1.29 is 19.0 Å². The van der Waals surface area contributed by atoms with Crippen molar-refractivity contribution in [3.63, 3.8) is 0 Å². The standard InChI is InChI=1S/C23H27ClN2O4/c1-28-20-13-17-7-8-26(22(27)15-25-9-11-30-12-10-25)23(19(17)14-21(20)29-2)16-3-5-18(24)6-4-16/h3-6,13-14,23H,7-12,15H2,1-2H3. The Morgan fingerprint density at radius 2 is 1.73 bits per heavy atom. The molecule has 0 N–H and O–H groups in total. The SMILES string of the molecule is COc1cc2c(cc1OC)C(c1ccc(Cl)cc1)N(C(=O)CN1CCOCC1)CC2. The first kappa shape index (κ1) is 21.0. The van der Waals surface area contributed by atoms with Crippen LogP contribution in [0.4, 0.5) is 0 Å². The molecular formula is C23H27ClN2O4. The Bertz CT molecular complexity index is 897. The Kier molecular flexibility index (Phi) is 6.46. The lowest BCUT2D eigenvalue weighted by molar-refractivity contribution is -0.135. The normalized spacial score (nSPS) is 19.3. The van der Waals surface area contributed by atoms with Crippen molar-refractivity contribution in [1.82, 2.24) is 9.80 Å². The van der Waals surface area contributed by atoms with Crippen LogP contribution in [0.2, 0.25) is 5.02 Å². The fraction of sp³-hybridized carbons (Fsp3) is 0.435. The summed E-state index contributed by atoms with van der Waals surface area (Å²) in [7, 11) is 3.27. The van der Waals surface area contributed by atoms with Gasteiger partial charge in [-0.2, -0.15) is 0 Å². The van der Waals surface area contributed by atoms with Crippen LogP contribution in [0.1, 0.15) is 22.7 Å². The zero-order valence-corrected chi connectivity index (χ0v) is 18.2. The molecular weight excluding hydrogens is 404 g/mol. The molecule has 4 rings (SSSR count). The van der Waals surface area contributed by atoms with Crippen LogP contribution in [0.25, 0.3) is 0 Å². The van der Waals surface area contributed by atoms with E-state index in [9.17, 15) is 4.79 Å². The number of nitrogens with zero attached hydrogens (tertiary/aromatic N) is 2. The van der Waals surface area contributed by atoms with Crippen molar-refractivity contribution in [1.29, 1.82) is 0 Å².